The van der Waals surface area contributed by atoms with Crippen LogP contribution >= 0.6 is 0 Å². The fourth-order valence-electron chi connectivity index (χ4n) is 0.787. The van der Waals surface area contributed by atoms with Gasteiger partial charge in [-0.05, 0) is 26.2 Å². The van der Waals surface area contributed by atoms with E-state index in [0.29, 0.717) is 0 Å². The van der Waals surface area contributed by atoms with Crippen LogP contribution in [-0.4, -0.2) is 0 Å². The molecule has 0 saturated heterocycles. The molecule has 12 heavy (non-hydrogen) atoms. The predicted molar refractivity (Wildman–Crippen MR) is 57.1 cm³/mol. The number of allylic oxidation sites excluding steroid dienone is 7. The molecule has 0 aromatic carbocycles. The van der Waals surface area contributed by atoms with Crippen LogP contribution < -0.4 is 0 Å². The topological polar surface area (TPSA) is 0 Å². The van der Waals surface area contributed by atoms with Crippen LogP contribution in [0.5, 0.6) is 0 Å². The molecule has 0 aliphatic rings. The molecule has 0 nitrogen and oxygen atoms in total. The van der Waals surface area contributed by atoms with Crippen molar-refractivity contribution in [2.75, 3.05) is 0 Å². The Morgan fingerprint density at radius 2 is 1.67 bits per heavy atom. The molecule has 0 aromatic heterocycles. The van der Waals surface area contributed by atoms with Gasteiger partial charge in [-0.2, -0.15) is 0 Å². The van der Waals surface area contributed by atoms with E-state index in [1.165, 1.54) is 0 Å². The molecule has 0 heterocycles. The highest BCUT2D eigenvalue weighted by Crippen LogP contribution is 1.93. The first-order chi connectivity index (χ1) is 5.91. The maximum absolute atomic E-state index is 3.63. The molecule has 0 heteroatoms. The van der Waals surface area contributed by atoms with Crippen LogP contribution in [-0.2, 0) is 0 Å². The highest BCUT2D eigenvalue weighted by molar-refractivity contribution is 5.04. The van der Waals surface area contributed by atoms with E-state index in [-0.39, 0.29) is 0 Å². The molecular formula is C12H18. The molecular weight excluding hydrogens is 144 g/mol. The lowest BCUT2D eigenvalue weighted by Crippen LogP contribution is -1.62. The fourth-order valence-corrected chi connectivity index (χ4v) is 0.787. The summed E-state index contributed by atoms with van der Waals surface area (Å²) in [4.78, 5) is 0. The Balaban J connectivity index is 3.30. The van der Waals surface area contributed by atoms with Crippen molar-refractivity contribution in [3.8, 4) is 0 Å². The summed E-state index contributed by atoms with van der Waals surface area (Å²) in [6, 6.07) is 0. The summed E-state index contributed by atoms with van der Waals surface area (Å²) >= 11 is 0. The van der Waals surface area contributed by atoms with Crippen LogP contribution in [0, 0.1) is 0 Å². The van der Waals surface area contributed by atoms with Gasteiger partial charge in [-0.15, -0.1) is 6.58 Å². The SMILES string of the molecule is C=CC/C=C/C=C/CCC=CC. The highest BCUT2D eigenvalue weighted by Gasteiger charge is 1.72. The third-order valence-corrected chi connectivity index (χ3v) is 1.42. The standard InChI is InChI=1S/C12H18/c1-3-5-7-9-11-12-10-8-6-4-2/h3-4,6-7,9,11-12H,1,5,8,10H2,2H3/b6-4?,9-7+,12-11+. The maximum Gasteiger partial charge on any atom is -0.0169 e. The van der Waals surface area contributed by atoms with Crippen LogP contribution in [0.15, 0.2) is 49.1 Å². The van der Waals surface area contributed by atoms with E-state index in [9.17, 15) is 0 Å². The Morgan fingerprint density at radius 1 is 1.00 bits per heavy atom. The minimum absolute atomic E-state index is 0.958. The van der Waals surface area contributed by atoms with E-state index < -0.39 is 0 Å². The summed E-state index contributed by atoms with van der Waals surface area (Å²) in [7, 11) is 0. The molecule has 0 aromatic rings. The van der Waals surface area contributed by atoms with Gasteiger partial charge in [0.05, 0.1) is 0 Å². The lowest BCUT2D eigenvalue weighted by atomic mass is 10.2. The molecule has 0 atom stereocenters. The van der Waals surface area contributed by atoms with E-state index in [1.807, 2.05) is 13.0 Å². The van der Waals surface area contributed by atoms with E-state index in [0.717, 1.165) is 19.3 Å². The number of hydrogen-bond acceptors (Lipinski definition) is 0. The first kappa shape index (κ1) is 11.0. The van der Waals surface area contributed by atoms with Gasteiger partial charge in [0, 0.05) is 0 Å². The van der Waals surface area contributed by atoms with Crippen molar-refractivity contribution in [1.82, 2.24) is 0 Å². The van der Waals surface area contributed by atoms with Crippen LogP contribution in [0.1, 0.15) is 26.2 Å². The minimum atomic E-state index is 0.958. The average molecular weight is 162 g/mol. The van der Waals surface area contributed by atoms with Gasteiger partial charge < -0.3 is 0 Å². The van der Waals surface area contributed by atoms with Crippen molar-refractivity contribution in [2.24, 2.45) is 0 Å². The van der Waals surface area contributed by atoms with E-state index in [1.54, 1.807) is 0 Å². The smallest absolute Gasteiger partial charge is 0.0169 e. The minimum Gasteiger partial charge on any atom is -0.103 e. The Labute approximate surface area is 76.0 Å². The van der Waals surface area contributed by atoms with Gasteiger partial charge in [-0.25, -0.2) is 0 Å². The van der Waals surface area contributed by atoms with Crippen LogP contribution in [0.4, 0.5) is 0 Å². The van der Waals surface area contributed by atoms with Crippen molar-refractivity contribution < 1.29 is 0 Å². The molecule has 0 bridgehead atoms. The summed E-state index contributed by atoms with van der Waals surface area (Å²) < 4.78 is 0. The zero-order valence-corrected chi connectivity index (χ0v) is 7.87. The first-order valence-corrected chi connectivity index (χ1v) is 4.45. The van der Waals surface area contributed by atoms with Gasteiger partial charge >= 0.3 is 0 Å². The molecule has 0 aliphatic heterocycles. The van der Waals surface area contributed by atoms with Gasteiger partial charge in [0.15, 0.2) is 0 Å². The summed E-state index contributed by atoms with van der Waals surface area (Å²) in [5, 5.41) is 0. The Kier molecular flexibility index (Phi) is 9.10. The van der Waals surface area contributed by atoms with Crippen LogP contribution in [0.25, 0.3) is 0 Å². The second-order valence-corrected chi connectivity index (χ2v) is 2.53. The predicted octanol–water partition coefficient (Wildman–Crippen LogP) is 4.03. The van der Waals surface area contributed by atoms with Crippen molar-refractivity contribution in [3.63, 3.8) is 0 Å². The number of hydrogen-bond donors (Lipinski definition) is 0. The largest absolute Gasteiger partial charge is 0.103 e. The molecule has 0 amide bonds. The molecule has 0 unspecified atom stereocenters. The molecule has 0 aliphatic carbocycles. The molecule has 0 N–H and O–H groups in total. The third kappa shape index (κ3) is 8.96. The van der Waals surface area contributed by atoms with Crippen molar-refractivity contribution in [3.05, 3.63) is 49.1 Å². The molecule has 0 rings (SSSR count). The van der Waals surface area contributed by atoms with Gasteiger partial charge in [-0.1, -0.05) is 42.5 Å². The molecule has 0 fully saturated rings. The number of unbranched alkanes of at least 4 members (excludes halogenated alkanes) is 1. The van der Waals surface area contributed by atoms with Crippen LogP contribution in [0.2, 0.25) is 0 Å². The van der Waals surface area contributed by atoms with Gasteiger partial charge in [0.1, 0.15) is 0 Å². The van der Waals surface area contributed by atoms with E-state index in [4.69, 9.17) is 0 Å². The fraction of sp³-hybridized carbons (Fsp3) is 0.333. The zero-order valence-electron chi connectivity index (χ0n) is 7.87. The van der Waals surface area contributed by atoms with Crippen molar-refractivity contribution in [2.45, 2.75) is 26.2 Å². The molecule has 66 valence electrons. The molecule has 0 spiro atoms. The van der Waals surface area contributed by atoms with Crippen LogP contribution in [0.3, 0.4) is 0 Å². The Morgan fingerprint density at radius 3 is 2.33 bits per heavy atom. The van der Waals surface area contributed by atoms with Gasteiger partial charge in [0.2, 0.25) is 0 Å². The normalized spacial score (nSPS) is 12.1. The third-order valence-electron chi connectivity index (χ3n) is 1.42. The highest BCUT2D eigenvalue weighted by atomic mass is 13.8. The first-order valence-electron chi connectivity index (χ1n) is 4.45. The van der Waals surface area contributed by atoms with Crippen molar-refractivity contribution in [1.29, 1.82) is 0 Å². The van der Waals surface area contributed by atoms with Gasteiger partial charge in [-0.3, -0.25) is 0 Å². The quantitative estimate of drug-likeness (QED) is 0.314. The van der Waals surface area contributed by atoms with Gasteiger partial charge in [0.25, 0.3) is 0 Å². The number of rotatable bonds is 6. The second kappa shape index (κ2) is 9.96. The second-order valence-electron chi connectivity index (χ2n) is 2.53. The summed E-state index contributed by atoms with van der Waals surface area (Å²) in [6.45, 7) is 5.68. The Hall–Kier alpha value is -1.04. The Bertz CT molecular complexity index is 170. The average Bonchev–Trinajstić information content (AvgIpc) is 2.10. The summed E-state index contributed by atoms with van der Waals surface area (Å²) in [5.41, 5.74) is 0. The summed E-state index contributed by atoms with van der Waals surface area (Å²) in [5.74, 6) is 0. The van der Waals surface area contributed by atoms with E-state index in [2.05, 4.69) is 43.0 Å². The molecule has 0 saturated carbocycles. The summed E-state index contributed by atoms with van der Waals surface area (Å²) in [6.07, 6.45) is 17.8. The lowest BCUT2D eigenvalue weighted by Gasteiger charge is -1.83. The monoisotopic (exact) mass is 162 g/mol. The maximum atomic E-state index is 3.63. The zero-order chi connectivity index (χ0) is 9.07. The molecule has 0 radical (unpaired) electrons. The lowest BCUT2D eigenvalue weighted by molar-refractivity contribution is 1.05. The van der Waals surface area contributed by atoms with E-state index >= 15 is 0 Å². The van der Waals surface area contributed by atoms with Crippen molar-refractivity contribution >= 4 is 0 Å².